The number of thiophene rings is 1. The predicted molar refractivity (Wildman–Crippen MR) is 75.5 cm³/mol. The van der Waals surface area contributed by atoms with Gasteiger partial charge in [0.1, 0.15) is 10.0 Å². The first-order valence-corrected chi connectivity index (χ1v) is 7.68. The van der Waals surface area contributed by atoms with E-state index < -0.39 is 15.8 Å². The van der Waals surface area contributed by atoms with Crippen LogP contribution in [0.1, 0.15) is 4.88 Å². The molecule has 2 rings (SSSR count). The molecule has 102 valence electrons. The molecule has 0 spiro atoms. The van der Waals surface area contributed by atoms with Gasteiger partial charge in [0, 0.05) is 11.9 Å². The predicted octanol–water partition coefficient (Wildman–Crippen LogP) is 2.60. The second-order valence-corrected chi connectivity index (χ2v) is 7.53. The van der Waals surface area contributed by atoms with Gasteiger partial charge >= 0.3 is 0 Å². The minimum atomic E-state index is -3.63. The van der Waals surface area contributed by atoms with E-state index in [0.29, 0.717) is 5.69 Å². The van der Waals surface area contributed by atoms with Crippen LogP contribution in [0.3, 0.4) is 0 Å². The second kappa shape index (κ2) is 4.82. The maximum absolute atomic E-state index is 13.1. The summed E-state index contributed by atoms with van der Waals surface area (Å²) in [5.41, 5.74) is 5.69. The van der Waals surface area contributed by atoms with Crippen molar-refractivity contribution >= 4 is 32.7 Å². The van der Waals surface area contributed by atoms with Crippen LogP contribution in [0.4, 0.5) is 15.8 Å². The molecule has 2 N–H and O–H groups in total. The van der Waals surface area contributed by atoms with Crippen LogP contribution >= 0.6 is 11.3 Å². The number of aryl methyl sites for hydroxylation is 1. The average Bonchev–Trinajstić information content (AvgIpc) is 2.79. The highest BCUT2D eigenvalue weighted by Crippen LogP contribution is 2.28. The Morgan fingerprint density at radius 3 is 2.47 bits per heavy atom. The van der Waals surface area contributed by atoms with E-state index in [1.165, 1.54) is 30.5 Å². The molecule has 0 bridgehead atoms. The molecule has 0 amide bonds. The second-order valence-electron chi connectivity index (χ2n) is 4.04. The van der Waals surface area contributed by atoms with Crippen LogP contribution in [0.15, 0.2) is 34.5 Å². The molecule has 4 nitrogen and oxygen atoms in total. The molecule has 0 aliphatic rings. The molecule has 0 aliphatic carbocycles. The Kier molecular flexibility index (Phi) is 3.51. The number of anilines is 2. The van der Waals surface area contributed by atoms with Crippen molar-refractivity contribution in [3.05, 3.63) is 41.0 Å². The molecule has 0 unspecified atom stereocenters. The highest BCUT2D eigenvalue weighted by Gasteiger charge is 2.23. The fourth-order valence-corrected chi connectivity index (χ4v) is 4.19. The van der Waals surface area contributed by atoms with Crippen molar-refractivity contribution in [2.45, 2.75) is 11.1 Å². The fraction of sp³-hybridized carbons (Fsp3) is 0.167. The smallest absolute Gasteiger partial charge is 0.273 e. The number of nitrogens with two attached hydrogens (primary N) is 1. The molecule has 0 aliphatic heterocycles. The van der Waals surface area contributed by atoms with Crippen molar-refractivity contribution in [3.8, 4) is 0 Å². The number of nitrogens with zero attached hydrogens (tertiary/aromatic N) is 1. The van der Waals surface area contributed by atoms with E-state index in [1.807, 2.05) is 6.92 Å². The number of rotatable bonds is 3. The van der Waals surface area contributed by atoms with Crippen LogP contribution in [-0.2, 0) is 10.0 Å². The first-order chi connectivity index (χ1) is 8.82. The summed E-state index contributed by atoms with van der Waals surface area (Å²) in [5.74, 6) is -0.568. The Morgan fingerprint density at radius 1 is 1.26 bits per heavy atom. The van der Waals surface area contributed by atoms with Gasteiger partial charge in [0.05, 0.1) is 11.4 Å². The van der Waals surface area contributed by atoms with Crippen LogP contribution < -0.4 is 10.0 Å². The Morgan fingerprint density at radius 2 is 1.95 bits per heavy atom. The lowest BCUT2D eigenvalue weighted by Gasteiger charge is -2.18. The van der Waals surface area contributed by atoms with Gasteiger partial charge in [-0.05, 0) is 37.3 Å². The van der Waals surface area contributed by atoms with Gasteiger partial charge in [0.15, 0.2) is 0 Å². The molecule has 2 aromatic rings. The summed E-state index contributed by atoms with van der Waals surface area (Å²) in [6.07, 6.45) is 0. The van der Waals surface area contributed by atoms with Crippen molar-refractivity contribution in [3.63, 3.8) is 0 Å². The number of hydrogen-bond acceptors (Lipinski definition) is 4. The normalized spacial score (nSPS) is 11.5. The van der Waals surface area contributed by atoms with Crippen LogP contribution in [0.2, 0.25) is 0 Å². The van der Waals surface area contributed by atoms with Gasteiger partial charge in [-0.15, -0.1) is 11.3 Å². The Balaban J connectivity index is 2.43. The quantitative estimate of drug-likeness (QED) is 0.886. The number of hydrogen-bond donors (Lipinski definition) is 1. The van der Waals surface area contributed by atoms with Crippen LogP contribution in [0.25, 0.3) is 0 Å². The minimum Gasteiger partial charge on any atom is -0.396 e. The molecular formula is C12H13FN2O2S2. The Bertz CT molecular complexity index is 710. The van der Waals surface area contributed by atoms with E-state index in [-0.39, 0.29) is 9.90 Å². The number of benzene rings is 1. The van der Waals surface area contributed by atoms with Crippen molar-refractivity contribution in [2.24, 2.45) is 0 Å². The van der Waals surface area contributed by atoms with Gasteiger partial charge in [-0.1, -0.05) is 0 Å². The number of sulfonamides is 1. The molecule has 0 atom stereocenters. The van der Waals surface area contributed by atoms with Crippen molar-refractivity contribution in [1.29, 1.82) is 0 Å². The van der Waals surface area contributed by atoms with E-state index in [0.717, 1.165) is 15.2 Å². The zero-order valence-electron chi connectivity index (χ0n) is 10.4. The third kappa shape index (κ3) is 2.57. The molecule has 0 saturated carbocycles. The molecular weight excluding hydrogens is 287 g/mol. The van der Waals surface area contributed by atoms with Gasteiger partial charge in [0.2, 0.25) is 0 Å². The zero-order chi connectivity index (χ0) is 14.2. The maximum atomic E-state index is 13.1. The van der Waals surface area contributed by atoms with Crippen LogP contribution in [0.5, 0.6) is 0 Å². The Hall–Kier alpha value is -1.60. The molecule has 19 heavy (non-hydrogen) atoms. The average molecular weight is 300 g/mol. The lowest BCUT2D eigenvalue weighted by atomic mass is 10.3. The van der Waals surface area contributed by atoms with Crippen molar-refractivity contribution < 1.29 is 12.8 Å². The first kappa shape index (κ1) is 13.8. The molecule has 1 aromatic heterocycles. The lowest BCUT2D eigenvalue weighted by Crippen LogP contribution is -2.25. The van der Waals surface area contributed by atoms with E-state index in [1.54, 1.807) is 12.1 Å². The lowest BCUT2D eigenvalue weighted by molar-refractivity contribution is 0.596. The number of halogens is 1. The summed E-state index contributed by atoms with van der Waals surface area (Å²) in [6, 6.07) is 7.12. The highest BCUT2D eigenvalue weighted by atomic mass is 32.2. The monoisotopic (exact) mass is 300 g/mol. The summed E-state index contributed by atoms with van der Waals surface area (Å²) in [6.45, 7) is 1.83. The zero-order valence-corrected chi connectivity index (χ0v) is 12.1. The van der Waals surface area contributed by atoms with Crippen LogP contribution in [0, 0.1) is 12.7 Å². The molecule has 0 fully saturated rings. The molecule has 0 saturated heterocycles. The van der Waals surface area contributed by atoms with Gasteiger partial charge < -0.3 is 5.73 Å². The van der Waals surface area contributed by atoms with Gasteiger partial charge in [-0.25, -0.2) is 12.8 Å². The van der Waals surface area contributed by atoms with Gasteiger partial charge in [0.25, 0.3) is 10.0 Å². The molecule has 1 heterocycles. The fourth-order valence-electron chi connectivity index (χ4n) is 1.55. The SMILES string of the molecule is Cc1ccc(S(=O)(=O)N(C)c2ccc(F)c(N)c2)s1. The Labute approximate surface area is 115 Å². The third-order valence-electron chi connectivity index (χ3n) is 2.67. The van der Waals surface area contributed by atoms with Gasteiger partial charge in [-0.3, -0.25) is 4.31 Å². The first-order valence-electron chi connectivity index (χ1n) is 5.43. The standard InChI is InChI=1S/C12H13FN2O2S2/c1-8-3-6-12(18-8)19(16,17)15(2)9-4-5-10(13)11(14)7-9/h3-7H,14H2,1-2H3. The summed E-state index contributed by atoms with van der Waals surface area (Å²) in [7, 11) is -2.21. The molecule has 0 radical (unpaired) electrons. The summed E-state index contributed by atoms with van der Waals surface area (Å²) >= 11 is 1.19. The van der Waals surface area contributed by atoms with E-state index in [2.05, 4.69) is 0 Å². The van der Waals surface area contributed by atoms with Crippen LogP contribution in [-0.4, -0.2) is 15.5 Å². The largest absolute Gasteiger partial charge is 0.396 e. The highest BCUT2D eigenvalue weighted by molar-refractivity contribution is 7.94. The summed E-state index contributed by atoms with van der Waals surface area (Å²) < 4.78 is 39.1. The summed E-state index contributed by atoms with van der Waals surface area (Å²) in [4.78, 5) is 0.908. The topological polar surface area (TPSA) is 63.4 Å². The van der Waals surface area contributed by atoms with Crippen molar-refractivity contribution in [2.75, 3.05) is 17.1 Å². The third-order valence-corrected chi connectivity index (χ3v) is 5.93. The molecule has 1 aromatic carbocycles. The number of nitrogen functional groups attached to an aromatic ring is 1. The van der Waals surface area contributed by atoms with E-state index in [9.17, 15) is 12.8 Å². The molecule has 7 heteroatoms. The summed E-state index contributed by atoms with van der Waals surface area (Å²) in [5, 5.41) is 0. The van der Waals surface area contributed by atoms with Gasteiger partial charge in [-0.2, -0.15) is 0 Å². The minimum absolute atomic E-state index is 0.0816. The maximum Gasteiger partial charge on any atom is 0.273 e. The van der Waals surface area contributed by atoms with E-state index >= 15 is 0 Å². The van der Waals surface area contributed by atoms with Crippen molar-refractivity contribution in [1.82, 2.24) is 0 Å². The van der Waals surface area contributed by atoms with E-state index in [4.69, 9.17) is 5.73 Å².